The van der Waals surface area contributed by atoms with Crippen LogP contribution in [0.25, 0.3) is 0 Å². The molecule has 1 aromatic heterocycles. The summed E-state index contributed by atoms with van der Waals surface area (Å²) in [5, 5.41) is 8.90. The third-order valence-corrected chi connectivity index (χ3v) is 2.47. The zero-order valence-corrected chi connectivity index (χ0v) is 8.00. The molecule has 0 bridgehead atoms. The number of aryl methyl sites for hydroxylation is 1. The van der Waals surface area contributed by atoms with Gasteiger partial charge in [-0.05, 0) is 19.8 Å². The molecule has 1 heterocycles. The first kappa shape index (κ1) is 7.28. The van der Waals surface area contributed by atoms with Crippen molar-refractivity contribution < 1.29 is 0 Å². The highest BCUT2D eigenvalue weighted by Crippen LogP contribution is 2.36. The van der Waals surface area contributed by atoms with Crippen molar-refractivity contribution in [2.24, 2.45) is 0 Å². The molecule has 1 aromatic rings. The lowest BCUT2D eigenvalue weighted by molar-refractivity contribution is 0.684. The van der Waals surface area contributed by atoms with E-state index in [-0.39, 0.29) is 0 Å². The second kappa shape index (κ2) is 2.59. The second-order valence-electron chi connectivity index (χ2n) is 2.90. The van der Waals surface area contributed by atoms with Gasteiger partial charge in [0.05, 0.1) is 5.33 Å². The van der Waals surface area contributed by atoms with Crippen LogP contribution in [-0.2, 0) is 5.33 Å². The summed E-state index contributed by atoms with van der Waals surface area (Å²) >= 11 is 3.39. The summed E-state index contributed by atoms with van der Waals surface area (Å²) in [4.78, 5) is 0. The lowest BCUT2D eigenvalue weighted by Crippen LogP contribution is -2.01. The summed E-state index contributed by atoms with van der Waals surface area (Å²) in [5.74, 6) is 2.10. The Morgan fingerprint density at radius 3 is 2.82 bits per heavy atom. The van der Waals surface area contributed by atoms with E-state index in [0.717, 1.165) is 17.0 Å². The van der Waals surface area contributed by atoms with E-state index in [2.05, 4.69) is 30.7 Å². The summed E-state index contributed by atoms with van der Waals surface area (Å²) in [5.41, 5.74) is 0. The summed E-state index contributed by atoms with van der Waals surface area (Å²) in [6, 6.07) is 0.692. The average Bonchev–Trinajstić information content (AvgIpc) is 2.76. The number of aromatic nitrogens is 3. The molecule has 0 amide bonds. The minimum Gasteiger partial charge on any atom is -0.311 e. The molecule has 11 heavy (non-hydrogen) atoms. The Labute approximate surface area is 73.9 Å². The topological polar surface area (TPSA) is 30.7 Å². The molecule has 0 radical (unpaired) electrons. The van der Waals surface area contributed by atoms with Gasteiger partial charge in [-0.1, -0.05) is 15.9 Å². The molecule has 0 atom stereocenters. The van der Waals surface area contributed by atoms with Crippen molar-refractivity contribution in [3.63, 3.8) is 0 Å². The largest absolute Gasteiger partial charge is 0.311 e. The summed E-state index contributed by atoms with van der Waals surface area (Å²) in [6.45, 7) is 2.01. The predicted octanol–water partition coefficient (Wildman–Crippen LogP) is 1.82. The van der Waals surface area contributed by atoms with Crippen LogP contribution < -0.4 is 0 Å². The van der Waals surface area contributed by atoms with E-state index in [1.807, 2.05) is 6.92 Å². The molecule has 1 fully saturated rings. The van der Waals surface area contributed by atoms with Gasteiger partial charge in [0.2, 0.25) is 0 Å². The van der Waals surface area contributed by atoms with Gasteiger partial charge in [-0.3, -0.25) is 0 Å². The molecular formula is C7H10BrN3. The van der Waals surface area contributed by atoms with Gasteiger partial charge in [-0.15, -0.1) is 10.2 Å². The SMILES string of the molecule is Cc1nnc(CBr)n1C1CC1. The monoisotopic (exact) mass is 215 g/mol. The van der Waals surface area contributed by atoms with Gasteiger partial charge in [-0.2, -0.15) is 0 Å². The maximum Gasteiger partial charge on any atom is 0.143 e. The molecule has 1 aliphatic rings. The fourth-order valence-electron chi connectivity index (χ4n) is 1.31. The summed E-state index contributed by atoms with van der Waals surface area (Å²) in [6.07, 6.45) is 2.58. The number of halogens is 1. The van der Waals surface area contributed by atoms with E-state index in [1.165, 1.54) is 12.8 Å². The predicted molar refractivity (Wildman–Crippen MR) is 45.7 cm³/mol. The van der Waals surface area contributed by atoms with Gasteiger partial charge >= 0.3 is 0 Å². The van der Waals surface area contributed by atoms with E-state index in [4.69, 9.17) is 0 Å². The highest BCUT2D eigenvalue weighted by molar-refractivity contribution is 9.08. The van der Waals surface area contributed by atoms with Crippen LogP contribution in [0.1, 0.15) is 30.5 Å². The molecule has 4 heteroatoms. The molecule has 0 aliphatic heterocycles. The molecule has 60 valence electrons. The molecule has 0 saturated heterocycles. The van der Waals surface area contributed by atoms with Gasteiger partial charge in [0.1, 0.15) is 11.6 Å². The zero-order chi connectivity index (χ0) is 7.84. The number of hydrogen-bond acceptors (Lipinski definition) is 2. The molecule has 1 aliphatic carbocycles. The standard InChI is InChI=1S/C7H10BrN3/c1-5-9-10-7(4-8)11(5)6-2-3-6/h6H,2-4H2,1H3. The molecule has 0 unspecified atom stereocenters. The van der Waals surface area contributed by atoms with Crippen LogP contribution in [0.15, 0.2) is 0 Å². The molecule has 3 nitrogen and oxygen atoms in total. The number of nitrogens with zero attached hydrogens (tertiary/aromatic N) is 3. The fraction of sp³-hybridized carbons (Fsp3) is 0.714. The second-order valence-corrected chi connectivity index (χ2v) is 3.46. The highest BCUT2D eigenvalue weighted by atomic mass is 79.9. The number of alkyl halides is 1. The van der Waals surface area contributed by atoms with Gasteiger partial charge in [-0.25, -0.2) is 0 Å². The minimum absolute atomic E-state index is 0.692. The van der Waals surface area contributed by atoms with Crippen LogP contribution in [-0.4, -0.2) is 14.8 Å². The van der Waals surface area contributed by atoms with Crippen LogP contribution in [0, 0.1) is 6.92 Å². The van der Waals surface area contributed by atoms with Crippen molar-refractivity contribution in [3.8, 4) is 0 Å². The Morgan fingerprint density at radius 2 is 2.27 bits per heavy atom. The summed E-state index contributed by atoms with van der Waals surface area (Å²) < 4.78 is 2.23. The maximum absolute atomic E-state index is 4.06. The van der Waals surface area contributed by atoms with Crippen LogP contribution in [0.3, 0.4) is 0 Å². The zero-order valence-electron chi connectivity index (χ0n) is 6.42. The molecule has 2 rings (SSSR count). The third kappa shape index (κ3) is 1.20. The van der Waals surface area contributed by atoms with Crippen molar-refractivity contribution in [1.82, 2.24) is 14.8 Å². The normalized spacial score (nSPS) is 17.3. The lowest BCUT2D eigenvalue weighted by atomic mass is 10.5. The van der Waals surface area contributed by atoms with E-state index in [9.17, 15) is 0 Å². The van der Waals surface area contributed by atoms with Gasteiger partial charge in [0, 0.05) is 6.04 Å². The minimum atomic E-state index is 0.692. The van der Waals surface area contributed by atoms with Crippen molar-refractivity contribution >= 4 is 15.9 Å². The Kier molecular flexibility index (Phi) is 1.71. The van der Waals surface area contributed by atoms with Gasteiger partial charge < -0.3 is 4.57 Å². The van der Waals surface area contributed by atoms with Crippen LogP contribution in [0.4, 0.5) is 0 Å². The Morgan fingerprint density at radius 1 is 1.55 bits per heavy atom. The van der Waals surface area contributed by atoms with Crippen molar-refractivity contribution in [3.05, 3.63) is 11.6 Å². The Hall–Kier alpha value is -0.380. The molecular weight excluding hydrogens is 206 g/mol. The highest BCUT2D eigenvalue weighted by Gasteiger charge is 2.27. The van der Waals surface area contributed by atoms with E-state index < -0.39 is 0 Å². The number of hydrogen-bond donors (Lipinski definition) is 0. The Balaban J connectivity index is 2.38. The first-order chi connectivity index (χ1) is 5.33. The quantitative estimate of drug-likeness (QED) is 0.706. The van der Waals surface area contributed by atoms with E-state index in [1.54, 1.807) is 0 Å². The fourth-order valence-corrected chi connectivity index (χ4v) is 1.69. The van der Waals surface area contributed by atoms with E-state index in [0.29, 0.717) is 6.04 Å². The molecule has 0 N–H and O–H groups in total. The lowest BCUT2D eigenvalue weighted by Gasteiger charge is -2.02. The number of rotatable bonds is 2. The molecule has 1 saturated carbocycles. The summed E-state index contributed by atoms with van der Waals surface area (Å²) in [7, 11) is 0. The third-order valence-electron chi connectivity index (χ3n) is 1.97. The first-order valence-electron chi connectivity index (χ1n) is 3.79. The van der Waals surface area contributed by atoms with Crippen LogP contribution in [0.2, 0.25) is 0 Å². The van der Waals surface area contributed by atoms with Crippen LogP contribution >= 0.6 is 15.9 Å². The van der Waals surface area contributed by atoms with E-state index >= 15 is 0 Å². The maximum atomic E-state index is 4.06. The van der Waals surface area contributed by atoms with Crippen molar-refractivity contribution in [1.29, 1.82) is 0 Å². The first-order valence-corrected chi connectivity index (χ1v) is 4.91. The van der Waals surface area contributed by atoms with Crippen LogP contribution in [0.5, 0.6) is 0 Å². The molecule has 0 aromatic carbocycles. The average molecular weight is 216 g/mol. The van der Waals surface area contributed by atoms with Crippen molar-refractivity contribution in [2.45, 2.75) is 31.1 Å². The van der Waals surface area contributed by atoms with Crippen molar-refractivity contribution in [2.75, 3.05) is 0 Å². The van der Waals surface area contributed by atoms with Gasteiger partial charge in [0.15, 0.2) is 0 Å². The smallest absolute Gasteiger partial charge is 0.143 e. The van der Waals surface area contributed by atoms with Gasteiger partial charge in [0.25, 0.3) is 0 Å². The Bertz CT molecular complexity index is 265. The molecule has 0 spiro atoms.